The Bertz CT molecular complexity index is 581. The summed E-state index contributed by atoms with van der Waals surface area (Å²) in [6.07, 6.45) is -0.272. The minimum atomic E-state index is -0.381. The van der Waals surface area contributed by atoms with Crippen LogP contribution in [0.25, 0.3) is 0 Å². The minimum absolute atomic E-state index is 0.272. The van der Waals surface area contributed by atoms with Crippen LogP contribution in [0, 0.1) is 0 Å². The van der Waals surface area contributed by atoms with Gasteiger partial charge in [-0.2, -0.15) is 0 Å². The lowest BCUT2D eigenvalue weighted by Crippen LogP contribution is -2.38. The van der Waals surface area contributed by atoms with Crippen LogP contribution in [0.3, 0.4) is 0 Å². The van der Waals surface area contributed by atoms with Gasteiger partial charge in [-0.3, -0.25) is 0 Å². The van der Waals surface area contributed by atoms with Gasteiger partial charge in [0.25, 0.3) is 0 Å². The molecule has 1 aromatic heterocycles. The van der Waals surface area contributed by atoms with E-state index in [0.717, 1.165) is 11.5 Å². The Morgan fingerprint density at radius 1 is 1.25 bits per heavy atom. The SMILES string of the molecule is COCc1ccc(C(N)C2COc3ccccc3O2)o1. The Hall–Kier alpha value is -1.98. The van der Waals surface area contributed by atoms with Crippen LogP contribution in [-0.2, 0) is 11.3 Å². The van der Waals surface area contributed by atoms with Gasteiger partial charge in [0, 0.05) is 7.11 Å². The van der Waals surface area contributed by atoms with Gasteiger partial charge in [-0.15, -0.1) is 0 Å². The number of methoxy groups -OCH3 is 1. The zero-order valence-electron chi connectivity index (χ0n) is 11.2. The van der Waals surface area contributed by atoms with Crippen molar-refractivity contribution in [3.8, 4) is 11.5 Å². The summed E-state index contributed by atoms with van der Waals surface area (Å²) in [5.74, 6) is 2.87. The molecular weight excluding hydrogens is 258 g/mol. The van der Waals surface area contributed by atoms with Crippen molar-refractivity contribution in [2.24, 2.45) is 5.73 Å². The highest BCUT2D eigenvalue weighted by Crippen LogP contribution is 2.33. The lowest BCUT2D eigenvalue weighted by molar-refractivity contribution is 0.0654. The van der Waals surface area contributed by atoms with Crippen molar-refractivity contribution in [1.82, 2.24) is 0 Å². The molecule has 0 saturated heterocycles. The van der Waals surface area contributed by atoms with Gasteiger partial charge >= 0.3 is 0 Å². The van der Waals surface area contributed by atoms with Crippen LogP contribution in [-0.4, -0.2) is 19.8 Å². The third-order valence-electron chi connectivity index (χ3n) is 3.23. The molecule has 1 aliphatic rings. The van der Waals surface area contributed by atoms with Crippen LogP contribution < -0.4 is 15.2 Å². The van der Waals surface area contributed by atoms with E-state index in [0.29, 0.717) is 24.7 Å². The maximum absolute atomic E-state index is 6.20. The van der Waals surface area contributed by atoms with E-state index in [4.69, 9.17) is 24.4 Å². The first-order valence-electron chi connectivity index (χ1n) is 6.49. The summed E-state index contributed by atoms with van der Waals surface area (Å²) in [7, 11) is 1.62. The molecule has 2 heterocycles. The van der Waals surface area contributed by atoms with Crippen LogP contribution in [0.2, 0.25) is 0 Å². The summed E-state index contributed by atoms with van der Waals surface area (Å²) < 4.78 is 22.2. The Labute approximate surface area is 117 Å². The number of nitrogens with two attached hydrogens (primary N) is 1. The van der Waals surface area contributed by atoms with Crippen molar-refractivity contribution in [1.29, 1.82) is 0 Å². The van der Waals surface area contributed by atoms with E-state index in [1.807, 2.05) is 36.4 Å². The van der Waals surface area contributed by atoms with E-state index < -0.39 is 0 Å². The molecule has 5 heteroatoms. The van der Waals surface area contributed by atoms with E-state index in [1.54, 1.807) is 7.11 Å². The summed E-state index contributed by atoms with van der Waals surface area (Å²) in [6.45, 7) is 0.829. The smallest absolute Gasteiger partial charge is 0.161 e. The van der Waals surface area contributed by atoms with Crippen LogP contribution >= 0.6 is 0 Å². The summed E-state index contributed by atoms with van der Waals surface area (Å²) in [6, 6.07) is 10.9. The third kappa shape index (κ3) is 2.50. The molecule has 0 fully saturated rings. The summed E-state index contributed by atoms with van der Waals surface area (Å²) in [5.41, 5.74) is 6.20. The van der Waals surface area contributed by atoms with Crippen molar-refractivity contribution in [2.45, 2.75) is 18.8 Å². The van der Waals surface area contributed by atoms with Gasteiger partial charge in [0.05, 0.1) is 0 Å². The molecular formula is C15H17NO4. The van der Waals surface area contributed by atoms with Gasteiger partial charge in [-0.25, -0.2) is 0 Å². The zero-order chi connectivity index (χ0) is 13.9. The molecule has 1 aromatic carbocycles. The lowest BCUT2D eigenvalue weighted by atomic mass is 10.1. The largest absolute Gasteiger partial charge is 0.486 e. The molecule has 0 amide bonds. The molecule has 2 unspecified atom stereocenters. The number of ether oxygens (including phenoxy) is 3. The second-order valence-corrected chi connectivity index (χ2v) is 4.68. The fourth-order valence-electron chi connectivity index (χ4n) is 2.19. The first-order valence-corrected chi connectivity index (χ1v) is 6.49. The first kappa shape index (κ1) is 13.0. The minimum Gasteiger partial charge on any atom is -0.486 e. The van der Waals surface area contributed by atoms with Crippen LogP contribution in [0.1, 0.15) is 17.6 Å². The first-order chi connectivity index (χ1) is 9.78. The molecule has 0 spiro atoms. The van der Waals surface area contributed by atoms with Crippen molar-refractivity contribution >= 4 is 0 Å². The normalized spacial score (nSPS) is 18.8. The second kappa shape index (κ2) is 5.56. The van der Waals surface area contributed by atoms with Gasteiger partial charge < -0.3 is 24.4 Å². The molecule has 1 aliphatic heterocycles. The Morgan fingerprint density at radius 3 is 2.85 bits per heavy atom. The molecule has 2 atom stereocenters. The average Bonchev–Trinajstić information content (AvgIpc) is 2.95. The molecule has 0 saturated carbocycles. The zero-order valence-corrected chi connectivity index (χ0v) is 11.2. The van der Waals surface area contributed by atoms with Gasteiger partial charge in [-0.05, 0) is 24.3 Å². The van der Waals surface area contributed by atoms with Gasteiger partial charge in [0.2, 0.25) is 0 Å². The predicted molar refractivity (Wildman–Crippen MR) is 72.7 cm³/mol. The van der Waals surface area contributed by atoms with Crippen molar-refractivity contribution in [2.75, 3.05) is 13.7 Å². The van der Waals surface area contributed by atoms with Crippen molar-refractivity contribution in [3.63, 3.8) is 0 Å². The number of para-hydroxylation sites is 2. The highest BCUT2D eigenvalue weighted by molar-refractivity contribution is 5.41. The van der Waals surface area contributed by atoms with E-state index in [9.17, 15) is 0 Å². The van der Waals surface area contributed by atoms with Gasteiger partial charge in [0.1, 0.15) is 30.8 Å². The highest BCUT2D eigenvalue weighted by atomic mass is 16.6. The van der Waals surface area contributed by atoms with E-state index in [1.165, 1.54) is 0 Å². The maximum atomic E-state index is 6.20. The Balaban J connectivity index is 1.73. The van der Waals surface area contributed by atoms with Crippen LogP contribution in [0.15, 0.2) is 40.8 Å². The lowest BCUT2D eigenvalue weighted by Gasteiger charge is -2.29. The molecule has 3 rings (SSSR count). The van der Waals surface area contributed by atoms with E-state index in [-0.39, 0.29) is 12.1 Å². The topological polar surface area (TPSA) is 66.9 Å². The molecule has 0 radical (unpaired) electrons. The Kier molecular flexibility index (Phi) is 3.62. The van der Waals surface area contributed by atoms with Crippen LogP contribution in [0.5, 0.6) is 11.5 Å². The molecule has 2 aromatic rings. The number of hydrogen-bond donors (Lipinski definition) is 1. The molecule has 0 aliphatic carbocycles. The standard InChI is InChI=1S/C15H17NO4/c1-17-8-10-6-7-13(19-10)15(16)14-9-18-11-4-2-3-5-12(11)20-14/h2-7,14-15H,8-9,16H2,1H3. The van der Waals surface area contributed by atoms with Gasteiger partial charge in [0.15, 0.2) is 17.6 Å². The fraction of sp³-hybridized carbons (Fsp3) is 0.333. The number of benzene rings is 1. The number of hydrogen-bond acceptors (Lipinski definition) is 5. The summed E-state index contributed by atoms with van der Waals surface area (Å²) >= 11 is 0. The molecule has 0 bridgehead atoms. The van der Waals surface area contributed by atoms with E-state index >= 15 is 0 Å². The number of furan rings is 1. The van der Waals surface area contributed by atoms with E-state index in [2.05, 4.69) is 0 Å². The number of rotatable bonds is 4. The molecule has 5 nitrogen and oxygen atoms in total. The monoisotopic (exact) mass is 275 g/mol. The Morgan fingerprint density at radius 2 is 2.05 bits per heavy atom. The molecule has 20 heavy (non-hydrogen) atoms. The van der Waals surface area contributed by atoms with Crippen LogP contribution in [0.4, 0.5) is 0 Å². The second-order valence-electron chi connectivity index (χ2n) is 4.68. The highest BCUT2D eigenvalue weighted by Gasteiger charge is 2.29. The molecule has 2 N–H and O–H groups in total. The van der Waals surface area contributed by atoms with Gasteiger partial charge in [-0.1, -0.05) is 12.1 Å². The predicted octanol–water partition coefficient (Wildman–Crippen LogP) is 2.27. The van der Waals surface area contributed by atoms with Crippen molar-refractivity contribution < 1.29 is 18.6 Å². The number of fused-ring (bicyclic) bond motifs is 1. The third-order valence-corrected chi connectivity index (χ3v) is 3.23. The fourth-order valence-corrected chi connectivity index (χ4v) is 2.19. The van der Waals surface area contributed by atoms with Crippen molar-refractivity contribution in [3.05, 3.63) is 47.9 Å². The average molecular weight is 275 g/mol. The summed E-state index contributed by atoms with van der Waals surface area (Å²) in [4.78, 5) is 0. The maximum Gasteiger partial charge on any atom is 0.161 e. The quantitative estimate of drug-likeness (QED) is 0.927. The molecule has 106 valence electrons. The summed E-state index contributed by atoms with van der Waals surface area (Å²) in [5, 5.41) is 0.